The molecule has 2 atom stereocenters. The summed E-state index contributed by atoms with van der Waals surface area (Å²) in [5.41, 5.74) is 0.789. The summed E-state index contributed by atoms with van der Waals surface area (Å²) in [5, 5.41) is 5.73. The molecule has 1 fully saturated rings. The van der Waals surface area contributed by atoms with Gasteiger partial charge in [-0.15, -0.1) is 0 Å². The van der Waals surface area contributed by atoms with Crippen LogP contribution in [0.2, 0.25) is 0 Å². The van der Waals surface area contributed by atoms with Crippen LogP contribution in [-0.4, -0.2) is 70.5 Å². The van der Waals surface area contributed by atoms with Crippen LogP contribution in [0.15, 0.2) is 59.5 Å². The number of esters is 1. The van der Waals surface area contributed by atoms with E-state index >= 15 is 0 Å². The van der Waals surface area contributed by atoms with E-state index in [1.807, 2.05) is 0 Å². The molecule has 0 saturated carbocycles. The van der Waals surface area contributed by atoms with Crippen LogP contribution in [0, 0.1) is 0 Å². The Hall–Kier alpha value is -2.95. The summed E-state index contributed by atoms with van der Waals surface area (Å²) >= 11 is 0. The topological polar surface area (TPSA) is 114 Å². The van der Waals surface area contributed by atoms with Gasteiger partial charge in [0.1, 0.15) is 17.8 Å². The molecule has 1 heterocycles. The van der Waals surface area contributed by atoms with E-state index in [1.165, 1.54) is 23.5 Å². The van der Waals surface area contributed by atoms with Crippen LogP contribution < -0.4 is 15.4 Å². The SMILES string of the molecule is COC(=O)C(Cc1ccc(OC)cc1)NC(=O)C1CNCCN1S(=O)(=O)c1ccccc1. The van der Waals surface area contributed by atoms with E-state index in [0.29, 0.717) is 12.3 Å². The number of carbonyl (C=O) groups excluding carboxylic acids is 2. The van der Waals surface area contributed by atoms with Crippen LogP contribution in [0.1, 0.15) is 5.56 Å². The van der Waals surface area contributed by atoms with E-state index in [4.69, 9.17) is 9.47 Å². The number of sulfonamides is 1. The lowest BCUT2D eigenvalue weighted by Gasteiger charge is -2.34. The summed E-state index contributed by atoms with van der Waals surface area (Å²) in [4.78, 5) is 25.6. The van der Waals surface area contributed by atoms with E-state index in [2.05, 4.69) is 10.6 Å². The third-order valence-electron chi connectivity index (χ3n) is 5.25. The molecule has 0 bridgehead atoms. The molecule has 10 heteroatoms. The Kier molecular flexibility index (Phi) is 7.84. The molecule has 0 aliphatic carbocycles. The molecule has 2 aromatic carbocycles. The van der Waals surface area contributed by atoms with Gasteiger partial charge in [0.15, 0.2) is 0 Å². The molecule has 2 N–H and O–H groups in total. The van der Waals surface area contributed by atoms with Crippen molar-refractivity contribution in [2.45, 2.75) is 23.4 Å². The Morgan fingerprint density at radius 3 is 2.44 bits per heavy atom. The molecule has 32 heavy (non-hydrogen) atoms. The fourth-order valence-corrected chi connectivity index (χ4v) is 5.13. The highest BCUT2D eigenvalue weighted by Gasteiger charge is 2.39. The molecule has 1 aliphatic heterocycles. The molecule has 1 amide bonds. The number of benzene rings is 2. The first-order valence-electron chi connectivity index (χ1n) is 10.2. The van der Waals surface area contributed by atoms with Crippen molar-refractivity contribution in [2.24, 2.45) is 0 Å². The van der Waals surface area contributed by atoms with Crippen molar-refractivity contribution in [1.29, 1.82) is 0 Å². The van der Waals surface area contributed by atoms with E-state index in [-0.39, 0.29) is 24.4 Å². The number of hydrogen-bond donors (Lipinski definition) is 2. The molecular formula is C22H27N3O6S. The number of piperazine rings is 1. The minimum atomic E-state index is -3.88. The van der Waals surface area contributed by atoms with Crippen LogP contribution in [0.3, 0.4) is 0 Å². The summed E-state index contributed by atoms with van der Waals surface area (Å²) in [6.07, 6.45) is 0.188. The fraction of sp³-hybridized carbons (Fsp3) is 0.364. The summed E-state index contributed by atoms with van der Waals surface area (Å²) in [5.74, 6) is -0.515. The molecule has 9 nitrogen and oxygen atoms in total. The summed E-state index contributed by atoms with van der Waals surface area (Å²) in [7, 11) is -1.09. The maximum Gasteiger partial charge on any atom is 0.328 e. The van der Waals surface area contributed by atoms with Gasteiger partial charge in [0.25, 0.3) is 0 Å². The predicted molar refractivity (Wildman–Crippen MR) is 118 cm³/mol. The van der Waals surface area contributed by atoms with Crippen molar-refractivity contribution < 1.29 is 27.5 Å². The number of nitrogens with one attached hydrogen (secondary N) is 2. The quantitative estimate of drug-likeness (QED) is 0.552. The van der Waals surface area contributed by atoms with Crippen molar-refractivity contribution in [1.82, 2.24) is 14.9 Å². The summed E-state index contributed by atoms with van der Waals surface area (Å²) in [6.45, 7) is 0.688. The Bertz CT molecular complexity index is 1030. The molecule has 1 saturated heterocycles. The van der Waals surface area contributed by atoms with Gasteiger partial charge in [-0.25, -0.2) is 13.2 Å². The van der Waals surface area contributed by atoms with E-state index < -0.39 is 34.0 Å². The molecule has 0 radical (unpaired) electrons. The van der Waals surface area contributed by atoms with Gasteiger partial charge < -0.3 is 20.1 Å². The lowest BCUT2D eigenvalue weighted by Crippen LogP contribution is -2.61. The van der Waals surface area contributed by atoms with Crippen molar-refractivity contribution in [2.75, 3.05) is 33.9 Å². The maximum atomic E-state index is 13.1. The molecule has 1 aliphatic rings. The van der Waals surface area contributed by atoms with Gasteiger partial charge in [-0.3, -0.25) is 4.79 Å². The highest BCUT2D eigenvalue weighted by molar-refractivity contribution is 7.89. The number of hydrogen-bond acceptors (Lipinski definition) is 7. The second-order valence-electron chi connectivity index (χ2n) is 7.29. The third-order valence-corrected chi connectivity index (χ3v) is 7.17. The van der Waals surface area contributed by atoms with Gasteiger partial charge in [0, 0.05) is 26.1 Å². The molecule has 3 rings (SSSR count). The molecule has 2 unspecified atom stereocenters. The molecule has 0 aromatic heterocycles. The first-order chi connectivity index (χ1) is 15.4. The first-order valence-corrected chi connectivity index (χ1v) is 11.6. The highest BCUT2D eigenvalue weighted by atomic mass is 32.2. The summed E-state index contributed by atoms with van der Waals surface area (Å²) < 4.78 is 37.5. The van der Waals surface area contributed by atoms with Gasteiger partial charge in [0.2, 0.25) is 15.9 Å². The lowest BCUT2D eigenvalue weighted by atomic mass is 10.0. The molecular weight excluding hydrogens is 434 g/mol. The molecule has 0 spiro atoms. The smallest absolute Gasteiger partial charge is 0.328 e. The van der Waals surface area contributed by atoms with Gasteiger partial charge >= 0.3 is 5.97 Å². The molecule has 2 aromatic rings. The van der Waals surface area contributed by atoms with Crippen molar-refractivity contribution >= 4 is 21.9 Å². The van der Waals surface area contributed by atoms with Gasteiger partial charge in [-0.1, -0.05) is 30.3 Å². The molecule has 172 valence electrons. The Morgan fingerprint density at radius 1 is 1.12 bits per heavy atom. The first kappa shape index (κ1) is 23.7. The second-order valence-corrected chi connectivity index (χ2v) is 9.18. The summed E-state index contributed by atoms with van der Waals surface area (Å²) in [6, 6.07) is 13.1. The minimum Gasteiger partial charge on any atom is -0.497 e. The zero-order valence-electron chi connectivity index (χ0n) is 18.0. The average molecular weight is 462 g/mol. The monoisotopic (exact) mass is 461 g/mol. The predicted octanol–water partition coefficient (Wildman–Crippen LogP) is 0.558. The third kappa shape index (κ3) is 5.45. The number of ether oxygens (including phenoxy) is 2. The van der Waals surface area contributed by atoms with Crippen LogP contribution in [0.5, 0.6) is 5.75 Å². The Labute approximate surface area is 187 Å². The number of methoxy groups -OCH3 is 2. The van der Waals surface area contributed by atoms with Gasteiger partial charge in [-0.05, 0) is 29.8 Å². The number of amides is 1. The lowest BCUT2D eigenvalue weighted by molar-refractivity contribution is -0.145. The zero-order chi connectivity index (χ0) is 23.1. The minimum absolute atomic E-state index is 0.113. The number of nitrogens with zero attached hydrogens (tertiary/aromatic N) is 1. The number of rotatable bonds is 8. The maximum absolute atomic E-state index is 13.1. The van der Waals surface area contributed by atoms with Crippen molar-refractivity contribution in [3.8, 4) is 5.75 Å². The Balaban J connectivity index is 1.79. The Morgan fingerprint density at radius 2 is 1.81 bits per heavy atom. The van der Waals surface area contributed by atoms with Crippen molar-refractivity contribution in [3.63, 3.8) is 0 Å². The van der Waals surface area contributed by atoms with E-state index in [9.17, 15) is 18.0 Å². The highest BCUT2D eigenvalue weighted by Crippen LogP contribution is 2.20. The van der Waals surface area contributed by atoms with Crippen LogP contribution >= 0.6 is 0 Å². The van der Waals surface area contributed by atoms with Crippen LogP contribution in [0.25, 0.3) is 0 Å². The van der Waals surface area contributed by atoms with Crippen molar-refractivity contribution in [3.05, 3.63) is 60.2 Å². The average Bonchev–Trinajstić information content (AvgIpc) is 2.84. The standard InChI is InChI=1S/C22H27N3O6S/c1-30-17-10-8-16(9-11-17)14-19(22(27)31-2)24-21(26)20-15-23-12-13-25(20)32(28,29)18-6-4-3-5-7-18/h3-11,19-20,23H,12-15H2,1-2H3,(H,24,26). The van der Waals surface area contributed by atoms with E-state index in [0.717, 1.165) is 5.56 Å². The normalized spacial score (nSPS) is 17.9. The largest absolute Gasteiger partial charge is 0.497 e. The number of carbonyl (C=O) groups is 2. The van der Waals surface area contributed by atoms with Gasteiger partial charge in [0.05, 0.1) is 19.1 Å². The van der Waals surface area contributed by atoms with Crippen LogP contribution in [-0.2, 0) is 30.8 Å². The van der Waals surface area contributed by atoms with E-state index in [1.54, 1.807) is 49.6 Å². The zero-order valence-corrected chi connectivity index (χ0v) is 18.8. The second kappa shape index (κ2) is 10.6. The fourth-order valence-electron chi connectivity index (χ4n) is 3.53. The van der Waals surface area contributed by atoms with Crippen LogP contribution in [0.4, 0.5) is 0 Å². The van der Waals surface area contributed by atoms with Gasteiger partial charge in [-0.2, -0.15) is 4.31 Å².